The summed E-state index contributed by atoms with van der Waals surface area (Å²) in [5, 5.41) is 14.2. The average molecular weight is 299 g/mol. The van der Waals surface area contributed by atoms with Crippen molar-refractivity contribution < 1.29 is 9.50 Å². The maximum atomic E-state index is 13.8. The maximum Gasteiger partial charge on any atom is 0.129 e. The SMILES string of the molecule is Cc1ccc(C(O)c2c(Br)cnn2C)c(F)c1. The van der Waals surface area contributed by atoms with E-state index in [1.165, 1.54) is 10.7 Å². The van der Waals surface area contributed by atoms with Gasteiger partial charge in [-0.1, -0.05) is 12.1 Å². The number of nitrogens with zero attached hydrogens (tertiary/aromatic N) is 2. The van der Waals surface area contributed by atoms with Crippen molar-refractivity contribution in [1.82, 2.24) is 9.78 Å². The zero-order chi connectivity index (χ0) is 12.6. The summed E-state index contributed by atoms with van der Waals surface area (Å²) in [6.45, 7) is 1.80. The van der Waals surface area contributed by atoms with E-state index in [2.05, 4.69) is 21.0 Å². The number of benzene rings is 1. The predicted octanol–water partition coefficient (Wildman–Crippen LogP) is 2.71. The molecule has 2 rings (SSSR count). The van der Waals surface area contributed by atoms with E-state index in [1.54, 1.807) is 32.3 Å². The number of aliphatic hydroxyl groups is 1. The highest BCUT2D eigenvalue weighted by Crippen LogP contribution is 2.29. The molecule has 0 amide bonds. The van der Waals surface area contributed by atoms with Gasteiger partial charge in [0.05, 0.1) is 16.4 Å². The van der Waals surface area contributed by atoms with Crippen LogP contribution in [-0.2, 0) is 7.05 Å². The quantitative estimate of drug-likeness (QED) is 0.926. The zero-order valence-corrected chi connectivity index (χ0v) is 11.1. The van der Waals surface area contributed by atoms with Gasteiger partial charge >= 0.3 is 0 Å². The van der Waals surface area contributed by atoms with E-state index >= 15 is 0 Å². The number of aromatic nitrogens is 2. The molecule has 0 aliphatic heterocycles. The van der Waals surface area contributed by atoms with E-state index in [9.17, 15) is 9.50 Å². The first-order valence-corrected chi connectivity index (χ1v) is 5.91. The van der Waals surface area contributed by atoms with Crippen LogP contribution in [-0.4, -0.2) is 14.9 Å². The molecule has 0 saturated carbocycles. The lowest BCUT2D eigenvalue weighted by Gasteiger charge is -2.13. The fraction of sp³-hybridized carbons (Fsp3) is 0.250. The third-order valence-electron chi connectivity index (χ3n) is 2.65. The molecule has 5 heteroatoms. The van der Waals surface area contributed by atoms with Crippen LogP contribution in [0.3, 0.4) is 0 Å². The third-order valence-corrected chi connectivity index (χ3v) is 3.26. The van der Waals surface area contributed by atoms with Crippen molar-refractivity contribution in [3.63, 3.8) is 0 Å². The van der Waals surface area contributed by atoms with Gasteiger partial charge in [0.25, 0.3) is 0 Å². The molecule has 90 valence electrons. The second kappa shape index (κ2) is 4.58. The number of hydrogen-bond donors (Lipinski definition) is 1. The molecule has 1 heterocycles. The molecular weight excluding hydrogens is 287 g/mol. The van der Waals surface area contributed by atoms with Crippen molar-refractivity contribution >= 4 is 15.9 Å². The van der Waals surface area contributed by atoms with Crippen molar-refractivity contribution in [2.75, 3.05) is 0 Å². The van der Waals surface area contributed by atoms with E-state index in [0.29, 0.717) is 10.2 Å². The van der Waals surface area contributed by atoms with E-state index in [0.717, 1.165) is 5.56 Å². The Morgan fingerprint density at radius 2 is 2.18 bits per heavy atom. The van der Waals surface area contributed by atoms with Gasteiger partial charge in [-0.25, -0.2) is 4.39 Å². The standard InChI is InChI=1S/C12H12BrFN2O/c1-7-3-4-8(10(14)5-7)12(17)11-9(13)6-15-16(11)2/h3-6,12,17H,1-2H3. The molecule has 2 aromatic rings. The number of aryl methyl sites for hydroxylation is 2. The molecule has 3 nitrogen and oxygen atoms in total. The van der Waals surface area contributed by atoms with Crippen LogP contribution in [0.2, 0.25) is 0 Å². The first kappa shape index (κ1) is 12.3. The lowest BCUT2D eigenvalue weighted by molar-refractivity contribution is 0.204. The molecule has 0 saturated heterocycles. The molecule has 0 bridgehead atoms. The van der Waals surface area contributed by atoms with Crippen LogP contribution in [0, 0.1) is 12.7 Å². The average Bonchev–Trinajstić information content (AvgIpc) is 2.58. The van der Waals surface area contributed by atoms with Crippen molar-refractivity contribution in [2.45, 2.75) is 13.0 Å². The van der Waals surface area contributed by atoms with Gasteiger partial charge in [-0.3, -0.25) is 4.68 Å². The Balaban J connectivity index is 2.47. The number of hydrogen-bond acceptors (Lipinski definition) is 2. The molecule has 0 aliphatic carbocycles. The Hall–Kier alpha value is -1.20. The molecule has 0 aliphatic rings. The van der Waals surface area contributed by atoms with Gasteiger partial charge in [0.2, 0.25) is 0 Å². The van der Waals surface area contributed by atoms with Crippen molar-refractivity contribution in [3.05, 3.63) is 51.5 Å². The Morgan fingerprint density at radius 3 is 2.71 bits per heavy atom. The summed E-state index contributed by atoms with van der Waals surface area (Å²) in [5.74, 6) is -0.411. The molecule has 1 aromatic heterocycles. The minimum absolute atomic E-state index is 0.250. The first-order chi connectivity index (χ1) is 8.00. The van der Waals surface area contributed by atoms with Crippen LogP contribution in [0.4, 0.5) is 4.39 Å². The Bertz CT molecular complexity index is 534. The lowest BCUT2D eigenvalue weighted by atomic mass is 10.0. The predicted molar refractivity (Wildman–Crippen MR) is 66.1 cm³/mol. The number of aliphatic hydroxyl groups excluding tert-OH is 1. The van der Waals surface area contributed by atoms with Gasteiger partial charge in [0.1, 0.15) is 11.9 Å². The van der Waals surface area contributed by atoms with Gasteiger partial charge in [0, 0.05) is 12.6 Å². The second-order valence-electron chi connectivity index (χ2n) is 3.93. The molecule has 17 heavy (non-hydrogen) atoms. The van der Waals surface area contributed by atoms with Gasteiger partial charge in [-0.15, -0.1) is 0 Å². The van der Waals surface area contributed by atoms with Gasteiger partial charge < -0.3 is 5.11 Å². The minimum atomic E-state index is -1.03. The summed E-state index contributed by atoms with van der Waals surface area (Å²) in [6, 6.07) is 4.77. The van der Waals surface area contributed by atoms with Gasteiger partial charge in [-0.2, -0.15) is 5.10 Å². The van der Waals surface area contributed by atoms with Crippen LogP contribution < -0.4 is 0 Å². The summed E-state index contributed by atoms with van der Waals surface area (Å²) in [5.41, 5.74) is 1.61. The maximum absolute atomic E-state index is 13.8. The van der Waals surface area contributed by atoms with Crippen LogP contribution in [0.1, 0.15) is 22.9 Å². The molecule has 0 fully saturated rings. The molecule has 1 unspecified atom stereocenters. The highest BCUT2D eigenvalue weighted by molar-refractivity contribution is 9.10. The Kier molecular flexibility index (Phi) is 3.31. The van der Waals surface area contributed by atoms with Crippen molar-refractivity contribution in [1.29, 1.82) is 0 Å². The normalized spacial score (nSPS) is 12.8. The van der Waals surface area contributed by atoms with E-state index in [1.807, 2.05) is 0 Å². The number of halogens is 2. The highest BCUT2D eigenvalue weighted by Gasteiger charge is 2.20. The lowest BCUT2D eigenvalue weighted by Crippen LogP contribution is -2.09. The summed E-state index contributed by atoms with van der Waals surface area (Å²) >= 11 is 3.29. The fourth-order valence-corrected chi connectivity index (χ4v) is 2.29. The first-order valence-electron chi connectivity index (χ1n) is 5.12. The fourth-order valence-electron chi connectivity index (χ4n) is 1.73. The Labute approximate surface area is 107 Å². The van der Waals surface area contributed by atoms with Crippen LogP contribution in [0.15, 0.2) is 28.9 Å². The van der Waals surface area contributed by atoms with Crippen LogP contribution >= 0.6 is 15.9 Å². The molecule has 1 aromatic carbocycles. The van der Waals surface area contributed by atoms with Crippen LogP contribution in [0.25, 0.3) is 0 Å². The topological polar surface area (TPSA) is 38.1 Å². The second-order valence-corrected chi connectivity index (χ2v) is 4.78. The van der Waals surface area contributed by atoms with Gasteiger partial charge in [-0.05, 0) is 34.5 Å². The van der Waals surface area contributed by atoms with Crippen molar-refractivity contribution in [3.8, 4) is 0 Å². The summed E-state index contributed by atoms with van der Waals surface area (Å²) < 4.78 is 15.9. The summed E-state index contributed by atoms with van der Waals surface area (Å²) in [4.78, 5) is 0. The van der Waals surface area contributed by atoms with Crippen LogP contribution in [0.5, 0.6) is 0 Å². The zero-order valence-electron chi connectivity index (χ0n) is 9.48. The summed E-state index contributed by atoms with van der Waals surface area (Å²) in [6.07, 6.45) is 0.544. The molecule has 1 N–H and O–H groups in total. The Morgan fingerprint density at radius 1 is 1.47 bits per heavy atom. The third kappa shape index (κ3) is 2.25. The smallest absolute Gasteiger partial charge is 0.129 e. The molecule has 0 spiro atoms. The largest absolute Gasteiger partial charge is 0.382 e. The monoisotopic (exact) mass is 298 g/mol. The molecular formula is C12H12BrFN2O. The summed E-state index contributed by atoms with van der Waals surface area (Å²) in [7, 11) is 1.70. The van der Waals surface area contributed by atoms with E-state index < -0.39 is 11.9 Å². The van der Waals surface area contributed by atoms with Crippen molar-refractivity contribution in [2.24, 2.45) is 7.05 Å². The number of rotatable bonds is 2. The highest BCUT2D eigenvalue weighted by atomic mass is 79.9. The minimum Gasteiger partial charge on any atom is -0.382 e. The van der Waals surface area contributed by atoms with E-state index in [4.69, 9.17) is 0 Å². The molecule has 0 radical (unpaired) electrons. The van der Waals surface area contributed by atoms with E-state index in [-0.39, 0.29) is 5.56 Å². The van der Waals surface area contributed by atoms with Gasteiger partial charge in [0.15, 0.2) is 0 Å². The molecule has 1 atom stereocenters.